The topological polar surface area (TPSA) is 69.2 Å². The Morgan fingerprint density at radius 2 is 2.05 bits per heavy atom. The highest BCUT2D eigenvalue weighted by Gasteiger charge is 2.08. The average molecular weight is 312 g/mol. The second-order valence-electron chi connectivity index (χ2n) is 4.61. The first-order valence-corrected chi connectivity index (χ1v) is 7.41. The van der Waals surface area contributed by atoms with Crippen molar-refractivity contribution in [3.8, 4) is 10.6 Å². The van der Waals surface area contributed by atoms with Gasteiger partial charge in [-0.2, -0.15) is 4.98 Å². The van der Waals surface area contributed by atoms with Crippen molar-refractivity contribution in [2.75, 3.05) is 7.11 Å². The molecule has 0 unspecified atom stereocenters. The van der Waals surface area contributed by atoms with Crippen LogP contribution in [0.4, 0.5) is 0 Å². The molecule has 3 aromatic rings. The summed E-state index contributed by atoms with van der Waals surface area (Å²) in [6.45, 7) is 0. The molecular formula is C16H12N2O3S. The van der Waals surface area contributed by atoms with Gasteiger partial charge in [0.1, 0.15) is 5.01 Å². The fourth-order valence-corrected chi connectivity index (χ4v) is 3.00. The fourth-order valence-electron chi connectivity index (χ4n) is 2.01. The number of carbonyl (C=O) groups excluding carboxylic acids is 1. The van der Waals surface area contributed by atoms with Gasteiger partial charge in [-0.1, -0.05) is 12.1 Å². The van der Waals surface area contributed by atoms with Gasteiger partial charge in [0.25, 0.3) is 5.56 Å². The number of ether oxygens (including phenoxy) is 1. The molecule has 0 fully saturated rings. The minimum Gasteiger partial charge on any atom is -0.469 e. The standard InChI is InChI=1S/C16H12N2O3S/c1-21-14(19)8-11-7-6-10(9-17-11)16-18-15(20)12-4-2-3-5-13(12)22-16/h2-7,9H,8H2,1H3. The van der Waals surface area contributed by atoms with E-state index in [1.807, 2.05) is 18.2 Å². The Hall–Kier alpha value is -2.60. The highest BCUT2D eigenvalue weighted by atomic mass is 32.1. The number of hydrogen-bond donors (Lipinski definition) is 0. The number of carbonyl (C=O) groups is 1. The summed E-state index contributed by atoms with van der Waals surface area (Å²) in [5.74, 6) is -0.339. The van der Waals surface area contributed by atoms with E-state index in [9.17, 15) is 9.59 Å². The Balaban J connectivity index is 1.97. The van der Waals surface area contributed by atoms with Gasteiger partial charge < -0.3 is 4.74 Å². The first kappa shape index (κ1) is 14.3. The van der Waals surface area contributed by atoms with Gasteiger partial charge in [-0.3, -0.25) is 14.6 Å². The molecule has 0 aliphatic carbocycles. The maximum atomic E-state index is 12.0. The SMILES string of the molecule is COC(=O)Cc1ccc(-c2nc(=O)c3ccccc3s2)cn1. The Kier molecular flexibility index (Phi) is 3.93. The molecule has 2 heterocycles. The Morgan fingerprint density at radius 1 is 1.23 bits per heavy atom. The molecule has 110 valence electrons. The summed E-state index contributed by atoms with van der Waals surface area (Å²) in [6.07, 6.45) is 1.74. The lowest BCUT2D eigenvalue weighted by molar-refractivity contribution is -0.139. The van der Waals surface area contributed by atoms with Crippen LogP contribution in [0.1, 0.15) is 5.69 Å². The molecule has 0 bridgehead atoms. The largest absolute Gasteiger partial charge is 0.469 e. The van der Waals surface area contributed by atoms with Gasteiger partial charge in [-0.05, 0) is 24.3 Å². The third-order valence-corrected chi connectivity index (χ3v) is 4.25. The summed E-state index contributed by atoms with van der Waals surface area (Å²) in [5, 5.41) is 1.23. The zero-order valence-corrected chi connectivity index (χ0v) is 12.6. The second-order valence-corrected chi connectivity index (χ2v) is 5.64. The van der Waals surface area contributed by atoms with Crippen LogP contribution in [-0.4, -0.2) is 23.0 Å². The molecule has 1 aromatic carbocycles. The number of esters is 1. The summed E-state index contributed by atoms with van der Waals surface area (Å²) < 4.78 is 5.49. The lowest BCUT2D eigenvalue weighted by atomic mass is 10.2. The summed E-state index contributed by atoms with van der Waals surface area (Å²) in [4.78, 5) is 31.6. The zero-order chi connectivity index (χ0) is 15.5. The maximum Gasteiger partial charge on any atom is 0.311 e. The third-order valence-electron chi connectivity index (χ3n) is 3.15. The molecule has 0 aliphatic heterocycles. The molecule has 0 amide bonds. The normalized spacial score (nSPS) is 10.6. The molecule has 6 heteroatoms. The van der Waals surface area contributed by atoms with E-state index in [0.29, 0.717) is 16.1 Å². The molecule has 0 atom stereocenters. The molecule has 3 rings (SSSR count). The Morgan fingerprint density at radius 3 is 2.77 bits per heavy atom. The lowest BCUT2D eigenvalue weighted by Crippen LogP contribution is -2.07. The van der Waals surface area contributed by atoms with Gasteiger partial charge in [-0.25, -0.2) is 0 Å². The van der Waals surface area contributed by atoms with Crippen LogP contribution < -0.4 is 5.56 Å². The van der Waals surface area contributed by atoms with E-state index in [-0.39, 0.29) is 17.9 Å². The number of pyridine rings is 1. The van der Waals surface area contributed by atoms with Gasteiger partial charge in [0.05, 0.1) is 24.6 Å². The van der Waals surface area contributed by atoms with Crippen molar-refractivity contribution < 1.29 is 9.53 Å². The first-order valence-electron chi connectivity index (χ1n) is 6.59. The summed E-state index contributed by atoms with van der Waals surface area (Å²) in [5.41, 5.74) is 1.12. The molecule has 0 aliphatic rings. The van der Waals surface area contributed by atoms with Crippen LogP contribution >= 0.6 is 11.3 Å². The molecule has 5 nitrogen and oxygen atoms in total. The molecule has 0 saturated carbocycles. The highest BCUT2D eigenvalue weighted by molar-refractivity contribution is 7.21. The van der Waals surface area contributed by atoms with Gasteiger partial charge in [0, 0.05) is 16.5 Å². The number of rotatable bonds is 3. The minimum atomic E-state index is -0.339. The predicted octanol–water partition coefficient (Wildman–Crippen LogP) is 2.43. The number of fused-ring (bicyclic) bond motifs is 1. The van der Waals surface area contributed by atoms with Crippen LogP contribution in [0.3, 0.4) is 0 Å². The van der Waals surface area contributed by atoms with Crippen LogP contribution in [0.5, 0.6) is 0 Å². The van der Waals surface area contributed by atoms with Crippen LogP contribution in [0.2, 0.25) is 0 Å². The third kappa shape index (κ3) is 2.87. The van der Waals surface area contributed by atoms with Crippen molar-refractivity contribution in [2.24, 2.45) is 0 Å². The molecule has 2 aromatic heterocycles. The van der Waals surface area contributed by atoms with Gasteiger partial charge >= 0.3 is 5.97 Å². The van der Waals surface area contributed by atoms with E-state index < -0.39 is 0 Å². The smallest absolute Gasteiger partial charge is 0.311 e. The van der Waals surface area contributed by atoms with Gasteiger partial charge in [0.15, 0.2) is 0 Å². The van der Waals surface area contributed by atoms with Gasteiger partial charge in [-0.15, -0.1) is 11.3 Å². The van der Waals surface area contributed by atoms with Crippen LogP contribution in [0.25, 0.3) is 20.7 Å². The molecule has 0 saturated heterocycles. The van der Waals surface area contributed by atoms with E-state index in [4.69, 9.17) is 0 Å². The van der Waals surface area contributed by atoms with E-state index in [1.54, 1.807) is 24.4 Å². The van der Waals surface area contributed by atoms with E-state index in [0.717, 1.165) is 10.3 Å². The summed E-state index contributed by atoms with van der Waals surface area (Å²) in [6, 6.07) is 10.9. The van der Waals surface area contributed by atoms with Crippen molar-refractivity contribution in [2.45, 2.75) is 6.42 Å². The van der Waals surface area contributed by atoms with Crippen LogP contribution in [-0.2, 0) is 16.0 Å². The van der Waals surface area contributed by atoms with E-state index in [1.165, 1.54) is 18.4 Å². The highest BCUT2D eigenvalue weighted by Crippen LogP contribution is 2.25. The number of methoxy groups -OCH3 is 1. The average Bonchev–Trinajstić information content (AvgIpc) is 2.55. The Bertz CT molecular complexity index is 888. The quantitative estimate of drug-likeness (QED) is 0.695. The van der Waals surface area contributed by atoms with Gasteiger partial charge in [0.2, 0.25) is 0 Å². The zero-order valence-electron chi connectivity index (χ0n) is 11.8. The van der Waals surface area contributed by atoms with E-state index >= 15 is 0 Å². The molecule has 0 radical (unpaired) electrons. The van der Waals surface area contributed by atoms with Crippen molar-refractivity contribution in [1.82, 2.24) is 9.97 Å². The number of nitrogens with zero attached hydrogens (tertiary/aromatic N) is 2. The predicted molar refractivity (Wildman–Crippen MR) is 84.8 cm³/mol. The molecule has 0 N–H and O–H groups in total. The first-order chi connectivity index (χ1) is 10.7. The second kappa shape index (κ2) is 6.03. The van der Waals surface area contributed by atoms with Crippen molar-refractivity contribution in [3.63, 3.8) is 0 Å². The van der Waals surface area contributed by atoms with Crippen molar-refractivity contribution in [1.29, 1.82) is 0 Å². The Labute approximate surface area is 130 Å². The number of benzene rings is 1. The number of hydrogen-bond acceptors (Lipinski definition) is 6. The fraction of sp³-hybridized carbons (Fsp3) is 0.125. The molecule has 22 heavy (non-hydrogen) atoms. The van der Waals surface area contributed by atoms with E-state index in [2.05, 4.69) is 14.7 Å². The minimum absolute atomic E-state index is 0.123. The monoisotopic (exact) mass is 312 g/mol. The lowest BCUT2D eigenvalue weighted by Gasteiger charge is -2.03. The maximum absolute atomic E-state index is 12.0. The number of aromatic nitrogens is 2. The van der Waals surface area contributed by atoms with Crippen molar-refractivity contribution in [3.05, 3.63) is 58.6 Å². The molecular weight excluding hydrogens is 300 g/mol. The van der Waals surface area contributed by atoms with Crippen molar-refractivity contribution >= 4 is 27.4 Å². The summed E-state index contributed by atoms with van der Waals surface area (Å²) >= 11 is 1.44. The summed E-state index contributed by atoms with van der Waals surface area (Å²) in [7, 11) is 1.34. The molecule has 0 spiro atoms. The van der Waals surface area contributed by atoms with Crippen LogP contribution in [0.15, 0.2) is 47.4 Å². The van der Waals surface area contributed by atoms with Crippen LogP contribution in [0, 0.1) is 0 Å².